The fourth-order valence-electron chi connectivity index (χ4n) is 4.21. The highest BCUT2D eigenvalue weighted by Gasteiger charge is 2.43. The molecular formula is C15H29N. The summed E-state index contributed by atoms with van der Waals surface area (Å²) in [6, 6.07) is 0. The van der Waals surface area contributed by atoms with Crippen molar-refractivity contribution in [2.75, 3.05) is 0 Å². The van der Waals surface area contributed by atoms with Gasteiger partial charge in [0.05, 0.1) is 0 Å². The number of nitrogens with two attached hydrogens (primary N) is 1. The van der Waals surface area contributed by atoms with Crippen LogP contribution < -0.4 is 5.73 Å². The van der Waals surface area contributed by atoms with Crippen molar-refractivity contribution in [2.24, 2.45) is 23.5 Å². The lowest BCUT2D eigenvalue weighted by molar-refractivity contribution is 0.0773. The second-order valence-electron chi connectivity index (χ2n) is 6.42. The van der Waals surface area contributed by atoms with Crippen LogP contribution in [0.4, 0.5) is 0 Å². The lowest BCUT2D eigenvalue weighted by atomic mass is 9.61. The minimum absolute atomic E-state index is 0.202. The molecule has 2 rings (SSSR count). The molecule has 0 aromatic carbocycles. The predicted octanol–water partition coefficient (Wildman–Crippen LogP) is 4.11. The Bertz CT molecular complexity index is 217. The van der Waals surface area contributed by atoms with E-state index in [0.29, 0.717) is 0 Å². The molecule has 2 N–H and O–H groups in total. The molecule has 0 saturated heterocycles. The van der Waals surface area contributed by atoms with Crippen molar-refractivity contribution >= 4 is 0 Å². The molecule has 2 saturated carbocycles. The normalized spacial score (nSPS) is 45.6. The summed E-state index contributed by atoms with van der Waals surface area (Å²) in [5.74, 6) is 2.58. The van der Waals surface area contributed by atoms with Gasteiger partial charge in [-0.05, 0) is 43.4 Å². The molecule has 0 aliphatic heterocycles. The summed E-state index contributed by atoms with van der Waals surface area (Å²) < 4.78 is 0. The van der Waals surface area contributed by atoms with Crippen molar-refractivity contribution in [3.63, 3.8) is 0 Å². The van der Waals surface area contributed by atoms with Gasteiger partial charge in [0.2, 0.25) is 0 Å². The highest BCUT2D eigenvalue weighted by Crippen LogP contribution is 2.45. The van der Waals surface area contributed by atoms with Gasteiger partial charge in [0.15, 0.2) is 0 Å². The van der Waals surface area contributed by atoms with Crippen LogP contribution in [0.15, 0.2) is 0 Å². The highest BCUT2D eigenvalue weighted by atomic mass is 14.8. The van der Waals surface area contributed by atoms with Gasteiger partial charge < -0.3 is 5.73 Å². The van der Waals surface area contributed by atoms with E-state index >= 15 is 0 Å². The van der Waals surface area contributed by atoms with Gasteiger partial charge >= 0.3 is 0 Å². The van der Waals surface area contributed by atoms with Gasteiger partial charge in [0.25, 0.3) is 0 Å². The Morgan fingerprint density at radius 3 is 2.38 bits per heavy atom. The van der Waals surface area contributed by atoms with Gasteiger partial charge in [-0.2, -0.15) is 0 Å². The molecule has 0 amide bonds. The first-order valence-corrected chi connectivity index (χ1v) is 7.45. The molecule has 2 aliphatic carbocycles. The second kappa shape index (κ2) is 5.08. The topological polar surface area (TPSA) is 26.0 Å². The van der Waals surface area contributed by atoms with Crippen LogP contribution in [0.25, 0.3) is 0 Å². The van der Waals surface area contributed by atoms with Gasteiger partial charge in [-0.3, -0.25) is 0 Å². The van der Waals surface area contributed by atoms with Gasteiger partial charge in [-0.25, -0.2) is 0 Å². The SMILES string of the molecule is CCC1CCCCC1(N)C1CCC(C)CC1. The molecule has 1 heteroatoms. The molecule has 0 radical (unpaired) electrons. The first-order chi connectivity index (χ1) is 7.66. The Hall–Kier alpha value is -0.0400. The van der Waals surface area contributed by atoms with E-state index < -0.39 is 0 Å². The average molecular weight is 223 g/mol. The fourth-order valence-corrected chi connectivity index (χ4v) is 4.21. The van der Waals surface area contributed by atoms with Crippen LogP contribution in [0.3, 0.4) is 0 Å². The zero-order chi connectivity index (χ0) is 11.6. The molecule has 1 nitrogen and oxygen atoms in total. The summed E-state index contributed by atoms with van der Waals surface area (Å²) in [6.45, 7) is 4.74. The zero-order valence-electron chi connectivity index (χ0n) is 11.2. The van der Waals surface area contributed by atoms with Gasteiger partial charge in [-0.15, -0.1) is 0 Å². The number of hydrogen-bond acceptors (Lipinski definition) is 1. The van der Waals surface area contributed by atoms with Crippen molar-refractivity contribution in [3.8, 4) is 0 Å². The first-order valence-electron chi connectivity index (χ1n) is 7.45. The van der Waals surface area contributed by atoms with E-state index in [1.54, 1.807) is 0 Å². The third kappa shape index (κ3) is 2.30. The maximum absolute atomic E-state index is 6.83. The fraction of sp³-hybridized carbons (Fsp3) is 1.00. The van der Waals surface area contributed by atoms with Gasteiger partial charge in [-0.1, -0.05) is 46.0 Å². The standard InChI is InChI=1S/C15H29N/c1-3-13-6-4-5-11-15(13,16)14-9-7-12(2)8-10-14/h12-14H,3-11,16H2,1-2H3. The quantitative estimate of drug-likeness (QED) is 0.749. The van der Waals surface area contributed by atoms with Crippen LogP contribution in [0, 0.1) is 17.8 Å². The molecule has 0 aromatic rings. The Morgan fingerprint density at radius 1 is 1.06 bits per heavy atom. The lowest BCUT2D eigenvalue weighted by Gasteiger charge is -2.48. The van der Waals surface area contributed by atoms with Crippen molar-refractivity contribution in [1.29, 1.82) is 0 Å². The van der Waals surface area contributed by atoms with E-state index in [9.17, 15) is 0 Å². The lowest BCUT2D eigenvalue weighted by Crippen LogP contribution is -2.55. The first kappa shape index (κ1) is 12.4. The van der Waals surface area contributed by atoms with Crippen LogP contribution in [-0.4, -0.2) is 5.54 Å². The van der Waals surface area contributed by atoms with E-state index in [4.69, 9.17) is 5.73 Å². The second-order valence-corrected chi connectivity index (χ2v) is 6.42. The van der Waals surface area contributed by atoms with E-state index in [1.807, 2.05) is 0 Å². The predicted molar refractivity (Wildman–Crippen MR) is 70.3 cm³/mol. The van der Waals surface area contributed by atoms with E-state index in [-0.39, 0.29) is 5.54 Å². The van der Waals surface area contributed by atoms with E-state index in [2.05, 4.69) is 13.8 Å². The average Bonchev–Trinajstić information content (AvgIpc) is 2.30. The van der Waals surface area contributed by atoms with Crippen LogP contribution >= 0.6 is 0 Å². The smallest absolute Gasteiger partial charge is 0.0211 e. The molecule has 0 aromatic heterocycles. The highest BCUT2D eigenvalue weighted by molar-refractivity contribution is 4.99. The van der Waals surface area contributed by atoms with Gasteiger partial charge in [0, 0.05) is 5.54 Å². The maximum Gasteiger partial charge on any atom is 0.0211 e. The van der Waals surface area contributed by atoms with E-state index in [1.165, 1.54) is 57.8 Å². The Balaban J connectivity index is 2.03. The molecule has 94 valence electrons. The largest absolute Gasteiger partial charge is 0.325 e. The molecule has 2 aliphatic rings. The molecule has 16 heavy (non-hydrogen) atoms. The van der Waals surface area contributed by atoms with Crippen LogP contribution in [0.2, 0.25) is 0 Å². The van der Waals surface area contributed by atoms with Crippen molar-refractivity contribution < 1.29 is 0 Å². The maximum atomic E-state index is 6.83. The summed E-state index contributed by atoms with van der Waals surface area (Å²) in [4.78, 5) is 0. The molecule has 2 atom stereocenters. The third-order valence-electron chi connectivity index (χ3n) is 5.44. The molecule has 0 heterocycles. The molecule has 2 unspecified atom stereocenters. The third-order valence-corrected chi connectivity index (χ3v) is 5.44. The number of rotatable bonds is 2. The minimum Gasteiger partial charge on any atom is -0.325 e. The van der Waals surface area contributed by atoms with Gasteiger partial charge in [0.1, 0.15) is 0 Å². The summed E-state index contributed by atoms with van der Waals surface area (Å²) in [5, 5.41) is 0. The van der Waals surface area contributed by atoms with Crippen molar-refractivity contribution in [1.82, 2.24) is 0 Å². The summed E-state index contributed by atoms with van der Waals surface area (Å²) in [6.07, 6.45) is 12.4. The Labute approximate surface area is 101 Å². The summed E-state index contributed by atoms with van der Waals surface area (Å²) in [7, 11) is 0. The Kier molecular flexibility index (Phi) is 3.94. The summed E-state index contributed by atoms with van der Waals surface area (Å²) in [5.41, 5.74) is 7.04. The molecule has 0 bridgehead atoms. The Morgan fingerprint density at radius 2 is 1.75 bits per heavy atom. The van der Waals surface area contributed by atoms with Crippen molar-refractivity contribution in [2.45, 2.75) is 77.2 Å². The van der Waals surface area contributed by atoms with Crippen LogP contribution in [-0.2, 0) is 0 Å². The molecule has 2 fully saturated rings. The van der Waals surface area contributed by atoms with E-state index in [0.717, 1.165) is 17.8 Å². The zero-order valence-corrected chi connectivity index (χ0v) is 11.2. The minimum atomic E-state index is 0.202. The molecule has 0 spiro atoms. The monoisotopic (exact) mass is 223 g/mol. The van der Waals surface area contributed by atoms with Crippen LogP contribution in [0.5, 0.6) is 0 Å². The number of hydrogen-bond donors (Lipinski definition) is 1. The van der Waals surface area contributed by atoms with Crippen LogP contribution in [0.1, 0.15) is 71.6 Å². The summed E-state index contributed by atoms with van der Waals surface area (Å²) >= 11 is 0. The molecular weight excluding hydrogens is 194 g/mol. The van der Waals surface area contributed by atoms with Crippen molar-refractivity contribution in [3.05, 3.63) is 0 Å².